The van der Waals surface area contributed by atoms with Crippen molar-refractivity contribution in [3.8, 4) is 0 Å². The third-order valence-electron chi connectivity index (χ3n) is 2.25. The number of hydrogen-bond donors (Lipinski definition) is 1. The van der Waals surface area contributed by atoms with Crippen LogP contribution >= 0.6 is 12.2 Å². The second-order valence-electron chi connectivity index (χ2n) is 6.72. The zero-order valence-electron chi connectivity index (χ0n) is 14.7. The number of hydrogen-bond acceptors (Lipinski definition) is 3. The molecule has 0 radical (unpaired) electrons. The molecule has 0 unspecified atom stereocenters. The van der Waals surface area contributed by atoms with Crippen LogP contribution in [0.25, 0.3) is 0 Å². The van der Waals surface area contributed by atoms with Gasteiger partial charge in [0.15, 0.2) is 5.05 Å². The number of aliphatic hydroxyl groups is 1. The Morgan fingerprint density at radius 1 is 0.952 bits per heavy atom. The van der Waals surface area contributed by atoms with E-state index >= 15 is 0 Å². The lowest BCUT2D eigenvalue weighted by molar-refractivity contribution is -0.870. The van der Waals surface area contributed by atoms with Crippen LogP contribution in [-0.2, 0) is 4.74 Å². The van der Waals surface area contributed by atoms with Crippen LogP contribution in [0, 0.1) is 0 Å². The summed E-state index contributed by atoms with van der Waals surface area (Å²) in [4.78, 5) is 0. The molecular formula is C14H34I2N2O2S. The van der Waals surface area contributed by atoms with Gasteiger partial charge >= 0.3 is 0 Å². The first kappa shape index (κ1) is 30.1. The van der Waals surface area contributed by atoms with E-state index in [1.54, 1.807) is 0 Å². The molecule has 4 nitrogen and oxygen atoms in total. The van der Waals surface area contributed by atoms with E-state index in [9.17, 15) is 0 Å². The smallest absolute Gasteiger partial charge is 0.159 e. The summed E-state index contributed by atoms with van der Waals surface area (Å²) in [5, 5.41) is 9.14. The minimum Gasteiger partial charge on any atom is -1.00 e. The second kappa shape index (κ2) is 16.1. The minimum atomic E-state index is 0. The summed E-state index contributed by atoms with van der Waals surface area (Å²) in [5.74, 6) is 0. The summed E-state index contributed by atoms with van der Waals surface area (Å²) >= 11 is 5.01. The second-order valence-corrected chi connectivity index (χ2v) is 7.18. The van der Waals surface area contributed by atoms with Crippen molar-refractivity contribution in [2.45, 2.75) is 19.8 Å². The van der Waals surface area contributed by atoms with Crippen LogP contribution in [0.3, 0.4) is 0 Å². The van der Waals surface area contributed by atoms with Gasteiger partial charge in [0.25, 0.3) is 0 Å². The summed E-state index contributed by atoms with van der Waals surface area (Å²) in [6.45, 7) is 4.96. The molecular weight excluding hydrogens is 514 g/mol. The third-order valence-corrected chi connectivity index (χ3v) is 2.57. The van der Waals surface area contributed by atoms with Crippen LogP contribution in [0.15, 0.2) is 0 Å². The Balaban J connectivity index is -0.000000140. The maximum atomic E-state index is 8.39. The third kappa shape index (κ3) is 33.8. The van der Waals surface area contributed by atoms with Gasteiger partial charge in [-0.05, 0) is 18.6 Å². The molecule has 0 aromatic heterocycles. The van der Waals surface area contributed by atoms with E-state index in [0.717, 1.165) is 46.6 Å². The highest BCUT2D eigenvalue weighted by Crippen LogP contribution is 1.96. The molecule has 0 atom stereocenters. The fourth-order valence-corrected chi connectivity index (χ4v) is 1.30. The van der Waals surface area contributed by atoms with Crippen LogP contribution in [0.5, 0.6) is 0 Å². The molecule has 0 fully saturated rings. The minimum absolute atomic E-state index is 0. The predicted molar refractivity (Wildman–Crippen MR) is 86.3 cm³/mol. The monoisotopic (exact) mass is 548 g/mol. The number of halogens is 2. The standard InChI is InChI=1S/C9H20NOS.C5H14NO.2HI/c1-5-6-9(12)11-8-7-10(2,3)4;1-6(2,3)4-5-7;;/h5-8H2,1-4H3;7H,4-5H2,1-3H3;2*1H/q2*+1;;/p-2. The number of quaternary nitrogens is 2. The first-order valence-electron chi connectivity index (χ1n) is 6.89. The van der Waals surface area contributed by atoms with Crippen LogP contribution in [0.4, 0.5) is 0 Å². The molecule has 0 aromatic rings. The topological polar surface area (TPSA) is 29.5 Å². The van der Waals surface area contributed by atoms with Crippen molar-refractivity contribution < 1.29 is 66.8 Å². The largest absolute Gasteiger partial charge is 1.00 e. The van der Waals surface area contributed by atoms with Crippen LogP contribution < -0.4 is 48.0 Å². The van der Waals surface area contributed by atoms with Gasteiger partial charge in [-0.15, -0.1) is 0 Å². The molecule has 7 heteroatoms. The molecule has 0 heterocycles. The van der Waals surface area contributed by atoms with Crippen molar-refractivity contribution in [2.24, 2.45) is 0 Å². The van der Waals surface area contributed by atoms with Crippen molar-refractivity contribution in [1.82, 2.24) is 0 Å². The Labute approximate surface area is 171 Å². The van der Waals surface area contributed by atoms with E-state index in [-0.39, 0.29) is 54.6 Å². The van der Waals surface area contributed by atoms with Gasteiger partial charge in [0, 0.05) is 6.42 Å². The molecule has 0 spiro atoms. The van der Waals surface area contributed by atoms with Gasteiger partial charge in [0.1, 0.15) is 19.7 Å². The lowest BCUT2D eigenvalue weighted by atomic mass is 10.4. The quantitative estimate of drug-likeness (QED) is 0.198. The molecule has 0 saturated heterocycles. The Morgan fingerprint density at radius 3 is 1.62 bits per heavy atom. The Morgan fingerprint density at radius 2 is 1.38 bits per heavy atom. The zero-order chi connectivity index (χ0) is 15.5. The first-order chi connectivity index (χ1) is 8.52. The molecule has 132 valence electrons. The molecule has 0 bridgehead atoms. The summed E-state index contributed by atoms with van der Waals surface area (Å²) in [7, 11) is 12.6. The van der Waals surface area contributed by atoms with Crippen molar-refractivity contribution in [1.29, 1.82) is 0 Å². The predicted octanol–water partition coefficient (Wildman–Crippen LogP) is -4.47. The van der Waals surface area contributed by atoms with Gasteiger partial charge < -0.3 is 66.8 Å². The number of nitrogens with zero attached hydrogens (tertiary/aromatic N) is 2. The maximum absolute atomic E-state index is 8.39. The fourth-order valence-electron chi connectivity index (χ4n) is 1.01. The molecule has 1 N–H and O–H groups in total. The Bertz CT molecular complexity index is 242. The number of thiocarbonyl (C=S) groups is 1. The van der Waals surface area contributed by atoms with Gasteiger partial charge in [-0.1, -0.05) is 6.92 Å². The lowest BCUT2D eigenvalue weighted by Crippen LogP contribution is -3.00. The van der Waals surface area contributed by atoms with Gasteiger partial charge in [-0.25, -0.2) is 0 Å². The van der Waals surface area contributed by atoms with E-state index in [4.69, 9.17) is 22.1 Å². The van der Waals surface area contributed by atoms with Gasteiger partial charge in [-0.3, -0.25) is 0 Å². The number of rotatable bonds is 7. The van der Waals surface area contributed by atoms with E-state index in [0.29, 0.717) is 0 Å². The summed E-state index contributed by atoms with van der Waals surface area (Å²) in [5.41, 5.74) is 0. The highest BCUT2D eigenvalue weighted by Gasteiger charge is 2.06. The number of ether oxygens (including phenoxy) is 1. The average molecular weight is 548 g/mol. The van der Waals surface area contributed by atoms with Crippen molar-refractivity contribution >= 4 is 17.3 Å². The Kier molecular flexibility index (Phi) is 23.1. The summed E-state index contributed by atoms with van der Waals surface area (Å²) < 4.78 is 7.14. The molecule has 0 rings (SSSR count). The molecule has 0 aliphatic heterocycles. The lowest BCUT2D eigenvalue weighted by Gasteiger charge is -2.23. The van der Waals surface area contributed by atoms with Crippen LogP contribution in [-0.4, -0.2) is 87.7 Å². The highest BCUT2D eigenvalue weighted by atomic mass is 127. The molecule has 0 amide bonds. The highest BCUT2D eigenvalue weighted by molar-refractivity contribution is 7.80. The van der Waals surface area contributed by atoms with E-state index in [1.807, 2.05) is 0 Å². The Hall–Kier alpha value is 1.23. The van der Waals surface area contributed by atoms with Gasteiger partial charge in [0.05, 0.1) is 48.9 Å². The average Bonchev–Trinajstić information content (AvgIpc) is 2.14. The molecule has 0 aromatic carbocycles. The first-order valence-corrected chi connectivity index (χ1v) is 7.30. The van der Waals surface area contributed by atoms with Crippen molar-refractivity contribution in [3.63, 3.8) is 0 Å². The van der Waals surface area contributed by atoms with E-state index < -0.39 is 0 Å². The van der Waals surface area contributed by atoms with Crippen LogP contribution in [0.1, 0.15) is 19.8 Å². The molecule has 21 heavy (non-hydrogen) atoms. The van der Waals surface area contributed by atoms with E-state index in [2.05, 4.69) is 49.2 Å². The van der Waals surface area contributed by atoms with Gasteiger partial charge in [0.2, 0.25) is 0 Å². The molecule has 0 aliphatic carbocycles. The normalized spacial score (nSPS) is 10.5. The number of likely N-dealkylation sites (N-methyl/N-ethyl adjacent to an activating group) is 2. The van der Waals surface area contributed by atoms with E-state index in [1.165, 1.54) is 0 Å². The van der Waals surface area contributed by atoms with Gasteiger partial charge in [-0.2, -0.15) is 0 Å². The molecule has 0 aliphatic rings. The summed E-state index contributed by atoms with van der Waals surface area (Å²) in [6.07, 6.45) is 1.98. The number of aliphatic hydroxyl groups excluding tert-OH is 1. The van der Waals surface area contributed by atoms with Crippen molar-refractivity contribution in [2.75, 3.05) is 68.6 Å². The van der Waals surface area contributed by atoms with Crippen LogP contribution in [0.2, 0.25) is 0 Å². The SMILES string of the molecule is CCCC(=S)OCC[N+](C)(C)C.C[N+](C)(C)CCO.[I-].[I-]. The fraction of sp³-hybridized carbons (Fsp3) is 0.929. The zero-order valence-corrected chi connectivity index (χ0v) is 19.8. The molecule has 0 saturated carbocycles. The maximum Gasteiger partial charge on any atom is 0.159 e. The summed E-state index contributed by atoms with van der Waals surface area (Å²) in [6, 6.07) is 0. The van der Waals surface area contributed by atoms with Crippen molar-refractivity contribution in [3.05, 3.63) is 0 Å².